The highest BCUT2D eigenvalue weighted by Gasteiger charge is 2.30. The van der Waals surface area contributed by atoms with Crippen molar-refractivity contribution in [1.82, 2.24) is 14.8 Å². The summed E-state index contributed by atoms with van der Waals surface area (Å²) in [5, 5.41) is 15.0. The topological polar surface area (TPSA) is 50.9 Å². The van der Waals surface area contributed by atoms with E-state index in [4.69, 9.17) is 0 Å². The van der Waals surface area contributed by atoms with Crippen molar-refractivity contribution in [2.24, 2.45) is 0 Å². The van der Waals surface area contributed by atoms with Crippen LogP contribution in [0, 0.1) is 0 Å². The molecule has 0 aromatic carbocycles. The third kappa shape index (κ3) is 2.86. The van der Waals surface area contributed by atoms with Gasteiger partial charge in [-0.05, 0) is 12.8 Å². The van der Waals surface area contributed by atoms with Gasteiger partial charge in [0.05, 0.1) is 12.1 Å². The molecule has 1 aromatic rings. The van der Waals surface area contributed by atoms with Crippen LogP contribution in [0.15, 0.2) is 0 Å². The quantitative estimate of drug-likeness (QED) is 0.872. The predicted octanol–water partition coefficient (Wildman–Crippen LogP) is 2.10. The van der Waals surface area contributed by atoms with E-state index in [1.807, 2.05) is 4.68 Å². The van der Waals surface area contributed by atoms with Gasteiger partial charge < -0.3 is 5.11 Å². The number of aryl methyl sites for hydroxylation is 2. The van der Waals surface area contributed by atoms with Gasteiger partial charge in [0.2, 0.25) is 0 Å². The Morgan fingerprint density at radius 2 is 1.88 bits per heavy atom. The van der Waals surface area contributed by atoms with Crippen LogP contribution in [-0.2, 0) is 19.4 Å². The summed E-state index contributed by atoms with van der Waals surface area (Å²) in [7, 11) is 0. The van der Waals surface area contributed by atoms with Gasteiger partial charge in [-0.2, -0.15) is 5.10 Å². The monoisotopic (exact) mass is 237 g/mol. The SMILES string of the molecule is CCc1nc(CC)n(CC2(O)CCCCC2)n1. The van der Waals surface area contributed by atoms with Crippen LogP contribution in [0.25, 0.3) is 0 Å². The molecule has 0 unspecified atom stereocenters. The van der Waals surface area contributed by atoms with E-state index in [1.165, 1.54) is 6.42 Å². The summed E-state index contributed by atoms with van der Waals surface area (Å²) in [6, 6.07) is 0. The molecule has 1 heterocycles. The lowest BCUT2D eigenvalue weighted by molar-refractivity contribution is -0.0150. The molecule has 0 radical (unpaired) electrons. The van der Waals surface area contributed by atoms with Gasteiger partial charge in [0.25, 0.3) is 0 Å². The van der Waals surface area contributed by atoms with Gasteiger partial charge >= 0.3 is 0 Å². The highest BCUT2D eigenvalue weighted by molar-refractivity contribution is 4.95. The van der Waals surface area contributed by atoms with Crippen LogP contribution >= 0.6 is 0 Å². The smallest absolute Gasteiger partial charge is 0.150 e. The van der Waals surface area contributed by atoms with Crippen molar-refractivity contribution in [2.45, 2.75) is 70.9 Å². The maximum Gasteiger partial charge on any atom is 0.150 e. The third-order valence-corrected chi connectivity index (χ3v) is 3.65. The Morgan fingerprint density at radius 1 is 1.18 bits per heavy atom. The number of rotatable bonds is 4. The number of nitrogens with zero attached hydrogens (tertiary/aromatic N) is 3. The first-order valence-electron chi connectivity index (χ1n) is 6.82. The number of hydrogen-bond donors (Lipinski definition) is 1. The van der Waals surface area contributed by atoms with Crippen LogP contribution in [0.3, 0.4) is 0 Å². The van der Waals surface area contributed by atoms with Crippen molar-refractivity contribution >= 4 is 0 Å². The highest BCUT2D eigenvalue weighted by atomic mass is 16.3. The molecule has 1 aliphatic carbocycles. The summed E-state index contributed by atoms with van der Waals surface area (Å²) in [4.78, 5) is 4.48. The zero-order valence-electron chi connectivity index (χ0n) is 10.9. The summed E-state index contributed by atoms with van der Waals surface area (Å²) in [6.07, 6.45) is 7.05. The van der Waals surface area contributed by atoms with Gasteiger partial charge in [-0.15, -0.1) is 0 Å². The van der Waals surface area contributed by atoms with Crippen LogP contribution in [0.1, 0.15) is 57.6 Å². The van der Waals surface area contributed by atoms with E-state index in [0.29, 0.717) is 6.54 Å². The van der Waals surface area contributed by atoms with Crippen LogP contribution in [0.2, 0.25) is 0 Å². The first kappa shape index (κ1) is 12.6. The summed E-state index contributed by atoms with van der Waals surface area (Å²) >= 11 is 0. The van der Waals surface area contributed by atoms with Crippen molar-refractivity contribution in [3.8, 4) is 0 Å². The normalized spacial score (nSPS) is 19.5. The Hall–Kier alpha value is -0.900. The van der Waals surface area contributed by atoms with Crippen LogP contribution in [-0.4, -0.2) is 25.5 Å². The first-order valence-corrected chi connectivity index (χ1v) is 6.82. The fourth-order valence-corrected chi connectivity index (χ4v) is 2.61. The molecule has 2 rings (SSSR count). The zero-order valence-corrected chi connectivity index (χ0v) is 10.9. The van der Waals surface area contributed by atoms with Gasteiger partial charge in [-0.3, -0.25) is 0 Å². The maximum absolute atomic E-state index is 10.5. The Balaban J connectivity index is 2.13. The second kappa shape index (κ2) is 5.17. The molecular formula is C13H23N3O. The fourth-order valence-electron chi connectivity index (χ4n) is 2.61. The zero-order chi connectivity index (χ0) is 12.3. The van der Waals surface area contributed by atoms with Gasteiger partial charge in [-0.1, -0.05) is 33.1 Å². The predicted molar refractivity (Wildman–Crippen MR) is 66.8 cm³/mol. The molecule has 4 heteroatoms. The molecule has 1 N–H and O–H groups in total. The molecule has 1 saturated carbocycles. The molecule has 0 saturated heterocycles. The number of hydrogen-bond acceptors (Lipinski definition) is 3. The van der Waals surface area contributed by atoms with E-state index in [-0.39, 0.29) is 0 Å². The molecule has 17 heavy (non-hydrogen) atoms. The second-order valence-corrected chi connectivity index (χ2v) is 5.09. The lowest BCUT2D eigenvalue weighted by atomic mass is 9.85. The average molecular weight is 237 g/mol. The molecule has 1 aromatic heterocycles. The molecule has 0 bridgehead atoms. The lowest BCUT2D eigenvalue weighted by Gasteiger charge is -2.32. The minimum Gasteiger partial charge on any atom is -0.388 e. The van der Waals surface area contributed by atoms with Gasteiger partial charge in [0, 0.05) is 12.8 Å². The Labute approximate surface area is 103 Å². The second-order valence-electron chi connectivity index (χ2n) is 5.09. The summed E-state index contributed by atoms with van der Waals surface area (Å²) < 4.78 is 1.92. The molecule has 0 aliphatic heterocycles. The van der Waals surface area contributed by atoms with E-state index < -0.39 is 5.60 Å². The van der Waals surface area contributed by atoms with Gasteiger partial charge in [0.1, 0.15) is 5.82 Å². The molecular weight excluding hydrogens is 214 g/mol. The van der Waals surface area contributed by atoms with E-state index in [9.17, 15) is 5.11 Å². The van der Waals surface area contributed by atoms with Crippen molar-refractivity contribution in [3.05, 3.63) is 11.6 Å². The van der Waals surface area contributed by atoms with E-state index >= 15 is 0 Å². The molecule has 4 nitrogen and oxygen atoms in total. The number of aliphatic hydroxyl groups is 1. The molecule has 1 aliphatic rings. The van der Waals surface area contributed by atoms with E-state index in [1.54, 1.807) is 0 Å². The van der Waals surface area contributed by atoms with Crippen molar-refractivity contribution in [1.29, 1.82) is 0 Å². The third-order valence-electron chi connectivity index (χ3n) is 3.65. The van der Waals surface area contributed by atoms with Gasteiger partial charge in [0.15, 0.2) is 5.82 Å². The summed E-state index contributed by atoms with van der Waals surface area (Å²) in [5.74, 6) is 1.89. The van der Waals surface area contributed by atoms with Crippen molar-refractivity contribution < 1.29 is 5.11 Å². The average Bonchev–Trinajstić information content (AvgIpc) is 2.71. The molecule has 0 spiro atoms. The van der Waals surface area contributed by atoms with E-state index in [2.05, 4.69) is 23.9 Å². The first-order chi connectivity index (χ1) is 8.17. The molecule has 1 fully saturated rings. The summed E-state index contributed by atoms with van der Waals surface area (Å²) in [5.41, 5.74) is -0.555. The maximum atomic E-state index is 10.5. The largest absolute Gasteiger partial charge is 0.388 e. The Kier molecular flexibility index (Phi) is 3.82. The lowest BCUT2D eigenvalue weighted by Crippen LogP contribution is -2.37. The van der Waals surface area contributed by atoms with Crippen LogP contribution in [0.5, 0.6) is 0 Å². The Bertz CT molecular complexity index is 367. The Morgan fingerprint density at radius 3 is 2.47 bits per heavy atom. The van der Waals surface area contributed by atoms with Crippen LogP contribution in [0.4, 0.5) is 0 Å². The molecule has 96 valence electrons. The summed E-state index contributed by atoms with van der Waals surface area (Å²) in [6.45, 7) is 4.77. The standard InChI is InChI=1S/C13H23N3O/c1-3-11-14-12(4-2)16(15-11)10-13(17)8-6-5-7-9-13/h17H,3-10H2,1-2H3. The minimum atomic E-state index is -0.555. The molecule has 0 atom stereocenters. The van der Waals surface area contributed by atoms with E-state index in [0.717, 1.165) is 50.2 Å². The van der Waals surface area contributed by atoms with Crippen molar-refractivity contribution in [3.63, 3.8) is 0 Å². The van der Waals surface area contributed by atoms with Gasteiger partial charge in [-0.25, -0.2) is 9.67 Å². The highest BCUT2D eigenvalue weighted by Crippen LogP contribution is 2.29. The number of aromatic nitrogens is 3. The van der Waals surface area contributed by atoms with Crippen molar-refractivity contribution in [2.75, 3.05) is 0 Å². The minimum absolute atomic E-state index is 0.555. The fraction of sp³-hybridized carbons (Fsp3) is 0.846. The van der Waals surface area contributed by atoms with Crippen LogP contribution < -0.4 is 0 Å². The molecule has 0 amide bonds.